The van der Waals surface area contributed by atoms with E-state index in [0.717, 1.165) is 37.5 Å². The second-order valence-electron chi connectivity index (χ2n) is 5.50. The molecule has 0 saturated carbocycles. The smallest absolute Gasteiger partial charge is 0.314 e. The second-order valence-corrected chi connectivity index (χ2v) is 5.94. The summed E-state index contributed by atoms with van der Waals surface area (Å²) in [5.74, 6) is 0. The van der Waals surface area contributed by atoms with Crippen LogP contribution in [0.4, 0.5) is 4.79 Å². The topological polar surface area (TPSA) is 58.4 Å². The summed E-state index contributed by atoms with van der Waals surface area (Å²) in [5, 5.41) is 4.37. The van der Waals surface area contributed by atoms with Crippen LogP contribution in [0.15, 0.2) is 12.1 Å². The lowest BCUT2D eigenvalue weighted by molar-refractivity contribution is 0.185. The fraction of sp³-hybridized carbons (Fsp3) is 0.533. The van der Waals surface area contributed by atoms with Crippen molar-refractivity contribution < 1.29 is 4.79 Å². The molecule has 2 rings (SSSR count). The molecule has 0 aliphatic carbocycles. The molecule has 0 bridgehead atoms. The van der Waals surface area contributed by atoms with E-state index in [2.05, 4.69) is 19.2 Å². The number of likely N-dealkylation sites (tertiary alicyclic amines) is 1. The lowest BCUT2D eigenvalue weighted by Crippen LogP contribution is -2.46. The van der Waals surface area contributed by atoms with Crippen molar-refractivity contribution >= 4 is 17.6 Å². The van der Waals surface area contributed by atoms with Crippen molar-refractivity contribution in [1.29, 1.82) is 0 Å². The minimum atomic E-state index is -0.312. The van der Waals surface area contributed by atoms with Gasteiger partial charge in [-0.1, -0.05) is 11.6 Å². The van der Waals surface area contributed by atoms with E-state index >= 15 is 0 Å². The van der Waals surface area contributed by atoms with Gasteiger partial charge in [-0.05, 0) is 55.5 Å². The quantitative estimate of drug-likeness (QED) is 0.900. The largest absolute Gasteiger partial charge is 0.351 e. The van der Waals surface area contributed by atoms with Gasteiger partial charge in [0.1, 0.15) is 0 Å². The highest BCUT2D eigenvalue weighted by Crippen LogP contribution is 2.20. The zero-order chi connectivity index (χ0) is 14.7. The zero-order valence-electron chi connectivity index (χ0n) is 12.1. The number of halogens is 1. The fourth-order valence-corrected chi connectivity index (χ4v) is 3.10. The summed E-state index contributed by atoms with van der Waals surface area (Å²) >= 11 is 6.05. The Morgan fingerprint density at radius 1 is 1.35 bits per heavy atom. The minimum Gasteiger partial charge on any atom is -0.351 e. The third kappa shape index (κ3) is 3.64. The van der Waals surface area contributed by atoms with Gasteiger partial charge >= 0.3 is 6.03 Å². The number of nitrogens with one attached hydrogen (secondary N) is 1. The molecule has 0 atom stereocenters. The molecule has 1 aromatic carbocycles. The normalized spacial score (nSPS) is 16.4. The van der Waals surface area contributed by atoms with E-state index in [-0.39, 0.29) is 6.03 Å². The number of hydrogen-bond acceptors (Lipinski definition) is 2. The number of hydrogen-bond donors (Lipinski definition) is 2. The van der Waals surface area contributed by atoms with Crippen LogP contribution in [-0.4, -0.2) is 30.1 Å². The van der Waals surface area contributed by atoms with Crippen LogP contribution in [0.1, 0.15) is 29.5 Å². The van der Waals surface area contributed by atoms with Gasteiger partial charge < -0.3 is 16.0 Å². The van der Waals surface area contributed by atoms with Gasteiger partial charge in [0.15, 0.2) is 0 Å². The number of primary amides is 1. The van der Waals surface area contributed by atoms with Crippen molar-refractivity contribution in [1.82, 2.24) is 10.2 Å². The van der Waals surface area contributed by atoms with Gasteiger partial charge in [-0.25, -0.2) is 4.79 Å². The van der Waals surface area contributed by atoms with Crippen molar-refractivity contribution in [2.45, 2.75) is 39.3 Å². The molecule has 1 saturated heterocycles. The third-order valence-electron chi connectivity index (χ3n) is 4.03. The number of carbonyl (C=O) groups is 1. The van der Waals surface area contributed by atoms with Gasteiger partial charge in [-0.15, -0.1) is 0 Å². The summed E-state index contributed by atoms with van der Waals surface area (Å²) in [6.07, 6.45) is 1.91. The number of nitrogens with two attached hydrogens (primary N) is 1. The Morgan fingerprint density at radius 3 is 2.40 bits per heavy atom. The summed E-state index contributed by atoms with van der Waals surface area (Å²) in [4.78, 5) is 12.8. The molecule has 4 nitrogen and oxygen atoms in total. The molecule has 2 amide bonds. The van der Waals surface area contributed by atoms with Gasteiger partial charge in [0.25, 0.3) is 0 Å². The predicted octanol–water partition coefficient (Wildman–Crippen LogP) is 2.59. The van der Waals surface area contributed by atoms with Gasteiger partial charge in [-0.3, -0.25) is 0 Å². The average Bonchev–Trinajstić information content (AvgIpc) is 2.38. The van der Waals surface area contributed by atoms with E-state index in [9.17, 15) is 4.79 Å². The number of amides is 2. The Kier molecular flexibility index (Phi) is 4.89. The zero-order valence-corrected chi connectivity index (χ0v) is 12.8. The maximum Gasteiger partial charge on any atom is 0.314 e. The molecule has 1 heterocycles. The number of rotatable bonds is 3. The number of carbonyl (C=O) groups excluding carboxylic acids is 1. The van der Waals surface area contributed by atoms with Gasteiger partial charge in [0, 0.05) is 30.7 Å². The standard InChI is InChI=1S/C15H22ClN3O/c1-10-7-12(16)8-11(2)14(10)9-18-13-3-5-19(6-4-13)15(17)20/h7-8,13,18H,3-6,9H2,1-2H3,(H2,17,20). The highest BCUT2D eigenvalue weighted by atomic mass is 35.5. The van der Waals surface area contributed by atoms with Crippen LogP contribution < -0.4 is 11.1 Å². The molecule has 0 spiro atoms. The maximum absolute atomic E-state index is 11.1. The molecule has 5 heteroatoms. The van der Waals surface area contributed by atoms with E-state index in [1.165, 1.54) is 16.7 Å². The van der Waals surface area contributed by atoms with E-state index in [4.69, 9.17) is 17.3 Å². The maximum atomic E-state index is 11.1. The van der Waals surface area contributed by atoms with Crippen LogP contribution in [-0.2, 0) is 6.54 Å². The Balaban J connectivity index is 1.89. The van der Waals surface area contributed by atoms with Crippen molar-refractivity contribution in [3.05, 3.63) is 33.8 Å². The monoisotopic (exact) mass is 295 g/mol. The van der Waals surface area contributed by atoms with Crippen LogP contribution in [0.3, 0.4) is 0 Å². The van der Waals surface area contributed by atoms with Gasteiger partial charge in [0.2, 0.25) is 0 Å². The Hall–Kier alpha value is -1.26. The number of aryl methyl sites for hydroxylation is 2. The van der Waals surface area contributed by atoms with Gasteiger partial charge in [-0.2, -0.15) is 0 Å². The highest BCUT2D eigenvalue weighted by Gasteiger charge is 2.20. The van der Waals surface area contributed by atoms with E-state index < -0.39 is 0 Å². The average molecular weight is 296 g/mol. The molecule has 110 valence electrons. The molecule has 1 fully saturated rings. The summed E-state index contributed by atoms with van der Waals surface area (Å²) in [6, 6.07) is 4.13. The molecule has 0 aromatic heterocycles. The SMILES string of the molecule is Cc1cc(Cl)cc(C)c1CNC1CCN(C(N)=O)CC1. The molecule has 0 unspecified atom stereocenters. The molecule has 20 heavy (non-hydrogen) atoms. The lowest BCUT2D eigenvalue weighted by Gasteiger charge is -2.31. The molecule has 3 N–H and O–H groups in total. The highest BCUT2D eigenvalue weighted by molar-refractivity contribution is 6.30. The molecular weight excluding hydrogens is 274 g/mol. The van der Waals surface area contributed by atoms with Crippen LogP contribution in [0, 0.1) is 13.8 Å². The number of urea groups is 1. The number of nitrogens with zero attached hydrogens (tertiary/aromatic N) is 1. The first kappa shape index (κ1) is 15.1. The van der Waals surface area contributed by atoms with Gasteiger partial charge in [0.05, 0.1) is 0 Å². The molecule has 1 aliphatic rings. The first-order valence-electron chi connectivity index (χ1n) is 7.00. The van der Waals surface area contributed by atoms with Crippen LogP contribution in [0.25, 0.3) is 0 Å². The van der Waals surface area contributed by atoms with Crippen molar-refractivity contribution in [2.75, 3.05) is 13.1 Å². The third-order valence-corrected chi connectivity index (χ3v) is 4.25. The number of piperidine rings is 1. The summed E-state index contributed by atoms with van der Waals surface area (Å²) in [5.41, 5.74) is 9.04. The molecule has 1 aromatic rings. The molecule has 1 aliphatic heterocycles. The van der Waals surface area contributed by atoms with Crippen molar-refractivity contribution in [2.24, 2.45) is 5.73 Å². The molecule has 0 radical (unpaired) electrons. The first-order chi connectivity index (χ1) is 9.47. The summed E-state index contributed by atoms with van der Waals surface area (Å²) < 4.78 is 0. The Labute approximate surface area is 125 Å². The predicted molar refractivity (Wildman–Crippen MR) is 81.9 cm³/mol. The lowest BCUT2D eigenvalue weighted by atomic mass is 10.0. The fourth-order valence-electron chi connectivity index (χ4n) is 2.77. The van der Waals surface area contributed by atoms with Crippen molar-refractivity contribution in [3.63, 3.8) is 0 Å². The van der Waals surface area contributed by atoms with E-state index in [1.54, 1.807) is 4.90 Å². The first-order valence-corrected chi connectivity index (χ1v) is 7.38. The molecular formula is C15H22ClN3O. The van der Waals surface area contributed by atoms with Crippen LogP contribution in [0.5, 0.6) is 0 Å². The van der Waals surface area contributed by atoms with Crippen LogP contribution in [0.2, 0.25) is 5.02 Å². The number of benzene rings is 1. The van der Waals surface area contributed by atoms with E-state index in [0.29, 0.717) is 6.04 Å². The van der Waals surface area contributed by atoms with Crippen molar-refractivity contribution in [3.8, 4) is 0 Å². The van der Waals surface area contributed by atoms with Crippen LogP contribution >= 0.6 is 11.6 Å². The Morgan fingerprint density at radius 2 is 1.90 bits per heavy atom. The second kappa shape index (κ2) is 6.46. The summed E-state index contributed by atoms with van der Waals surface area (Å²) in [6.45, 7) is 6.50. The minimum absolute atomic E-state index is 0.312. The summed E-state index contributed by atoms with van der Waals surface area (Å²) in [7, 11) is 0. The Bertz CT molecular complexity index is 473. The van der Waals surface area contributed by atoms with E-state index in [1.807, 2.05) is 12.1 Å².